The molecule has 1 unspecified atom stereocenters. The molecule has 0 radical (unpaired) electrons. The minimum atomic E-state index is -1.21. The molecule has 0 bridgehead atoms. The average Bonchev–Trinajstić information content (AvgIpc) is 3.08. The van der Waals surface area contributed by atoms with Gasteiger partial charge < -0.3 is 21.5 Å². The number of hydrogen-bond donors (Lipinski definition) is 4. The van der Waals surface area contributed by atoms with Gasteiger partial charge in [-0.15, -0.1) is 11.3 Å². The highest BCUT2D eigenvalue weighted by atomic mass is 32.1. The standard InChI is InChI=1S/C21H23N5O4S/c1-12-17(13-5-3-2-4-6-13)18-19(24-11-25-20(18)31-12)23-10-9-16(28)26-14(21(29)30)7-8-15(22)27/h2-6,11,14H,7-10H2,1H3,(H2,22,27)(H,26,28)(H,29,30)(H,23,24,25). The Kier molecular flexibility index (Phi) is 7.14. The topological polar surface area (TPSA) is 147 Å². The maximum absolute atomic E-state index is 12.2. The Hall–Kier alpha value is -3.53. The lowest BCUT2D eigenvalue weighted by atomic mass is 10.0. The molecule has 0 saturated carbocycles. The first-order valence-corrected chi connectivity index (χ1v) is 10.5. The highest BCUT2D eigenvalue weighted by Crippen LogP contribution is 2.40. The fraction of sp³-hybridized carbons (Fsp3) is 0.286. The van der Waals surface area contributed by atoms with Crippen LogP contribution in [0, 0.1) is 6.92 Å². The Balaban J connectivity index is 1.69. The van der Waals surface area contributed by atoms with Crippen LogP contribution in [0.4, 0.5) is 5.82 Å². The van der Waals surface area contributed by atoms with Crippen LogP contribution in [-0.2, 0) is 14.4 Å². The van der Waals surface area contributed by atoms with Crippen LogP contribution in [0.2, 0.25) is 0 Å². The number of fused-ring (bicyclic) bond motifs is 1. The van der Waals surface area contributed by atoms with Gasteiger partial charge in [-0.3, -0.25) is 9.59 Å². The number of anilines is 1. The van der Waals surface area contributed by atoms with E-state index < -0.39 is 23.8 Å². The fourth-order valence-electron chi connectivity index (χ4n) is 3.24. The predicted octanol–water partition coefficient (Wildman–Crippen LogP) is 2.30. The van der Waals surface area contributed by atoms with Gasteiger partial charge in [0.1, 0.15) is 23.0 Å². The summed E-state index contributed by atoms with van der Waals surface area (Å²) in [5.41, 5.74) is 7.15. The molecule has 9 nitrogen and oxygen atoms in total. The largest absolute Gasteiger partial charge is 0.480 e. The van der Waals surface area contributed by atoms with Crippen molar-refractivity contribution in [2.45, 2.75) is 32.2 Å². The summed E-state index contributed by atoms with van der Waals surface area (Å²) in [7, 11) is 0. The molecule has 1 aromatic carbocycles. The minimum Gasteiger partial charge on any atom is -0.480 e. The number of benzene rings is 1. The molecule has 10 heteroatoms. The number of carboxylic acid groups (broad SMARTS) is 1. The van der Waals surface area contributed by atoms with Crippen LogP contribution in [0.1, 0.15) is 24.1 Å². The molecule has 1 atom stereocenters. The second kappa shape index (κ2) is 9.98. The molecule has 5 N–H and O–H groups in total. The second-order valence-corrected chi connectivity index (χ2v) is 8.14. The van der Waals surface area contributed by atoms with Crippen LogP contribution in [0.3, 0.4) is 0 Å². The molecule has 162 valence electrons. The Morgan fingerprint density at radius 1 is 1.16 bits per heavy atom. The van der Waals surface area contributed by atoms with E-state index in [1.165, 1.54) is 6.33 Å². The third-order valence-electron chi connectivity index (χ3n) is 4.68. The zero-order valence-electron chi connectivity index (χ0n) is 16.9. The van der Waals surface area contributed by atoms with Gasteiger partial charge in [-0.2, -0.15) is 0 Å². The summed E-state index contributed by atoms with van der Waals surface area (Å²) >= 11 is 1.57. The smallest absolute Gasteiger partial charge is 0.326 e. The van der Waals surface area contributed by atoms with Gasteiger partial charge >= 0.3 is 5.97 Å². The van der Waals surface area contributed by atoms with Crippen molar-refractivity contribution in [1.29, 1.82) is 0 Å². The zero-order valence-corrected chi connectivity index (χ0v) is 17.7. The minimum absolute atomic E-state index is 0.0373. The molecule has 2 heterocycles. The molecule has 31 heavy (non-hydrogen) atoms. The molecule has 0 aliphatic carbocycles. The summed E-state index contributed by atoms with van der Waals surface area (Å²) in [6.45, 7) is 2.28. The van der Waals surface area contributed by atoms with E-state index in [2.05, 4.69) is 20.6 Å². The summed E-state index contributed by atoms with van der Waals surface area (Å²) in [6, 6.07) is 8.78. The van der Waals surface area contributed by atoms with Crippen molar-refractivity contribution >= 4 is 45.2 Å². The Morgan fingerprint density at radius 2 is 1.90 bits per heavy atom. The first-order chi connectivity index (χ1) is 14.9. The number of amides is 2. The number of aryl methyl sites for hydroxylation is 1. The van der Waals surface area contributed by atoms with Gasteiger partial charge in [0, 0.05) is 29.8 Å². The van der Waals surface area contributed by atoms with Gasteiger partial charge in [-0.05, 0) is 18.9 Å². The monoisotopic (exact) mass is 441 g/mol. The first-order valence-electron chi connectivity index (χ1n) is 9.70. The number of primary amides is 1. The molecule has 0 spiro atoms. The van der Waals surface area contributed by atoms with Gasteiger partial charge in [-0.25, -0.2) is 14.8 Å². The van der Waals surface area contributed by atoms with Gasteiger partial charge in [-0.1, -0.05) is 30.3 Å². The summed E-state index contributed by atoms with van der Waals surface area (Å²) in [4.78, 5) is 45.0. The van der Waals surface area contributed by atoms with Crippen molar-refractivity contribution in [3.8, 4) is 11.1 Å². The fourth-order valence-corrected chi connectivity index (χ4v) is 4.25. The third kappa shape index (κ3) is 5.54. The summed E-state index contributed by atoms with van der Waals surface area (Å²) < 4.78 is 0. The van der Waals surface area contributed by atoms with E-state index >= 15 is 0 Å². The van der Waals surface area contributed by atoms with Crippen LogP contribution in [-0.4, -0.2) is 45.4 Å². The van der Waals surface area contributed by atoms with Crippen molar-refractivity contribution in [3.05, 3.63) is 41.5 Å². The number of carbonyl (C=O) groups excluding carboxylic acids is 2. The molecule has 2 amide bonds. The van der Waals surface area contributed by atoms with Gasteiger partial charge in [0.2, 0.25) is 11.8 Å². The molecule has 3 aromatic rings. The zero-order chi connectivity index (χ0) is 22.4. The van der Waals surface area contributed by atoms with E-state index in [1.54, 1.807) is 11.3 Å². The van der Waals surface area contributed by atoms with Crippen molar-refractivity contribution in [1.82, 2.24) is 15.3 Å². The number of carboxylic acids is 1. The van der Waals surface area contributed by atoms with Crippen LogP contribution in [0.5, 0.6) is 0 Å². The van der Waals surface area contributed by atoms with E-state index in [1.807, 2.05) is 37.3 Å². The van der Waals surface area contributed by atoms with E-state index in [-0.39, 0.29) is 25.8 Å². The average molecular weight is 442 g/mol. The quantitative estimate of drug-likeness (QED) is 0.377. The van der Waals surface area contributed by atoms with E-state index in [9.17, 15) is 19.5 Å². The number of nitrogens with two attached hydrogens (primary N) is 1. The SMILES string of the molecule is Cc1sc2ncnc(NCCC(=O)NC(CCC(N)=O)C(=O)O)c2c1-c1ccccc1. The van der Waals surface area contributed by atoms with Gasteiger partial charge in [0.25, 0.3) is 0 Å². The second-order valence-electron chi connectivity index (χ2n) is 6.94. The molecule has 0 aliphatic heterocycles. The van der Waals surface area contributed by atoms with Crippen LogP contribution in [0.25, 0.3) is 21.3 Å². The lowest BCUT2D eigenvalue weighted by Crippen LogP contribution is -2.41. The number of aliphatic carboxylic acids is 1. The number of hydrogen-bond acceptors (Lipinski definition) is 7. The van der Waals surface area contributed by atoms with Crippen LogP contribution in [0.15, 0.2) is 36.7 Å². The highest BCUT2D eigenvalue weighted by Gasteiger charge is 2.21. The van der Waals surface area contributed by atoms with E-state index in [0.29, 0.717) is 5.82 Å². The van der Waals surface area contributed by atoms with Gasteiger partial charge in [0.05, 0.1) is 5.39 Å². The predicted molar refractivity (Wildman–Crippen MR) is 119 cm³/mol. The van der Waals surface area contributed by atoms with Crippen molar-refractivity contribution in [3.63, 3.8) is 0 Å². The van der Waals surface area contributed by atoms with Gasteiger partial charge in [0.15, 0.2) is 0 Å². The van der Waals surface area contributed by atoms with Crippen molar-refractivity contribution in [2.75, 3.05) is 11.9 Å². The maximum Gasteiger partial charge on any atom is 0.326 e. The molecule has 0 fully saturated rings. The van der Waals surface area contributed by atoms with E-state index in [0.717, 1.165) is 26.2 Å². The van der Waals surface area contributed by atoms with E-state index in [4.69, 9.17) is 5.73 Å². The lowest BCUT2D eigenvalue weighted by Gasteiger charge is -2.14. The number of thiophene rings is 1. The number of carbonyl (C=O) groups is 3. The number of rotatable bonds is 10. The number of nitrogens with one attached hydrogen (secondary N) is 2. The first kappa shape index (κ1) is 22.2. The Bertz CT molecular complexity index is 1100. The van der Waals surface area contributed by atoms with Crippen molar-refractivity contribution < 1.29 is 19.5 Å². The summed E-state index contributed by atoms with van der Waals surface area (Å²) in [5, 5.41) is 15.7. The Labute approximate surface area is 182 Å². The molecule has 2 aromatic heterocycles. The molecule has 3 rings (SSSR count). The third-order valence-corrected chi connectivity index (χ3v) is 5.70. The summed E-state index contributed by atoms with van der Waals surface area (Å²) in [5.74, 6) is -1.65. The molecular formula is C21H23N5O4S. The van der Waals surface area contributed by atoms with Crippen molar-refractivity contribution in [2.24, 2.45) is 5.73 Å². The number of aromatic nitrogens is 2. The molecule has 0 saturated heterocycles. The maximum atomic E-state index is 12.2. The molecule has 0 aliphatic rings. The van der Waals surface area contributed by atoms with Crippen LogP contribution >= 0.6 is 11.3 Å². The molecular weight excluding hydrogens is 418 g/mol. The van der Waals surface area contributed by atoms with Crippen LogP contribution < -0.4 is 16.4 Å². The lowest BCUT2D eigenvalue weighted by molar-refractivity contribution is -0.142. The number of nitrogens with zero attached hydrogens (tertiary/aromatic N) is 2. The highest BCUT2D eigenvalue weighted by molar-refractivity contribution is 7.19. The summed E-state index contributed by atoms with van der Waals surface area (Å²) in [6.07, 6.45) is 1.34. The Morgan fingerprint density at radius 3 is 2.58 bits per heavy atom. The normalized spacial score (nSPS) is 11.8.